The summed E-state index contributed by atoms with van der Waals surface area (Å²) >= 11 is 1.97. The summed E-state index contributed by atoms with van der Waals surface area (Å²) in [5.74, 6) is 1.30. The molecule has 0 radical (unpaired) electrons. The predicted octanol–water partition coefficient (Wildman–Crippen LogP) is 0.606. The minimum absolute atomic E-state index is 0.517. The number of hydrogen-bond acceptors (Lipinski definition) is 3. The molecule has 1 aliphatic rings. The highest BCUT2D eigenvalue weighted by Gasteiger charge is 2.09. The van der Waals surface area contributed by atoms with Gasteiger partial charge in [0, 0.05) is 0 Å². The lowest BCUT2D eigenvalue weighted by molar-refractivity contribution is 0.541. The minimum Gasteiger partial charge on any atom is -0.294 e. The van der Waals surface area contributed by atoms with Crippen molar-refractivity contribution in [3.63, 3.8) is 0 Å². The maximum Gasteiger partial charge on any atom is 0.105 e. The van der Waals surface area contributed by atoms with Gasteiger partial charge < -0.3 is 0 Å². The van der Waals surface area contributed by atoms with E-state index in [0.29, 0.717) is 5.50 Å². The van der Waals surface area contributed by atoms with Crippen LogP contribution in [0.4, 0.5) is 0 Å². The number of hydrogen-bond donors (Lipinski definition) is 2. The van der Waals surface area contributed by atoms with E-state index in [9.17, 15) is 0 Å². The van der Waals surface area contributed by atoms with E-state index in [-0.39, 0.29) is 0 Å². The number of rotatable bonds is 2. The maximum atomic E-state index is 3.37. The van der Waals surface area contributed by atoms with Gasteiger partial charge in [0.15, 0.2) is 0 Å². The molecular formula is C6H14N2S. The SMILES string of the molecule is CCNC1NCCCS1. The molecular weight excluding hydrogens is 132 g/mol. The van der Waals surface area contributed by atoms with Crippen LogP contribution < -0.4 is 10.6 Å². The van der Waals surface area contributed by atoms with Crippen molar-refractivity contribution in [3.05, 3.63) is 0 Å². The Morgan fingerprint density at radius 2 is 2.67 bits per heavy atom. The average molecular weight is 146 g/mol. The summed E-state index contributed by atoms with van der Waals surface area (Å²) in [4.78, 5) is 0. The Morgan fingerprint density at radius 1 is 1.78 bits per heavy atom. The highest BCUT2D eigenvalue weighted by molar-refractivity contribution is 7.99. The van der Waals surface area contributed by atoms with Gasteiger partial charge in [-0.3, -0.25) is 10.6 Å². The van der Waals surface area contributed by atoms with E-state index in [1.165, 1.54) is 18.7 Å². The van der Waals surface area contributed by atoms with Crippen molar-refractivity contribution in [2.75, 3.05) is 18.8 Å². The molecule has 0 spiro atoms. The molecule has 0 bridgehead atoms. The van der Waals surface area contributed by atoms with Crippen LogP contribution in [-0.2, 0) is 0 Å². The van der Waals surface area contributed by atoms with Crippen LogP contribution in [0.3, 0.4) is 0 Å². The van der Waals surface area contributed by atoms with Crippen LogP contribution in [0.25, 0.3) is 0 Å². The first-order valence-corrected chi connectivity index (χ1v) is 4.56. The lowest BCUT2D eigenvalue weighted by Crippen LogP contribution is -2.42. The van der Waals surface area contributed by atoms with Crippen molar-refractivity contribution in [1.29, 1.82) is 0 Å². The van der Waals surface area contributed by atoms with Gasteiger partial charge in [-0.1, -0.05) is 6.92 Å². The molecule has 1 rings (SSSR count). The van der Waals surface area contributed by atoms with E-state index in [2.05, 4.69) is 17.6 Å². The van der Waals surface area contributed by atoms with Crippen LogP contribution in [0.1, 0.15) is 13.3 Å². The lowest BCUT2D eigenvalue weighted by Gasteiger charge is -2.23. The molecule has 0 amide bonds. The number of nitrogens with one attached hydrogen (secondary N) is 2. The molecule has 2 nitrogen and oxygen atoms in total. The summed E-state index contributed by atoms with van der Waals surface area (Å²) in [7, 11) is 0. The third kappa shape index (κ3) is 2.56. The second-order valence-corrected chi connectivity index (χ2v) is 3.33. The second-order valence-electron chi connectivity index (χ2n) is 2.12. The standard InChI is InChI=1S/C6H14N2S/c1-2-7-6-8-4-3-5-9-6/h6-8H,2-5H2,1H3. The molecule has 54 valence electrons. The largest absolute Gasteiger partial charge is 0.294 e. The number of thioether (sulfide) groups is 1. The molecule has 1 unspecified atom stereocenters. The summed E-state index contributed by atoms with van der Waals surface area (Å²) in [6.07, 6.45) is 1.31. The molecule has 0 aromatic heterocycles. The van der Waals surface area contributed by atoms with Crippen molar-refractivity contribution < 1.29 is 0 Å². The maximum absolute atomic E-state index is 3.37. The van der Waals surface area contributed by atoms with Gasteiger partial charge in [-0.2, -0.15) is 0 Å². The highest BCUT2D eigenvalue weighted by atomic mass is 32.2. The van der Waals surface area contributed by atoms with Crippen LogP contribution in [0, 0.1) is 0 Å². The Kier molecular flexibility index (Phi) is 3.40. The first-order valence-electron chi connectivity index (χ1n) is 3.52. The van der Waals surface area contributed by atoms with Crippen LogP contribution >= 0.6 is 11.8 Å². The van der Waals surface area contributed by atoms with Crippen LogP contribution in [-0.4, -0.2) is 24.3 Å². The normalized spacial score (nSPS) is 28.3. The molecule has 3 heteroatoms. The lowest BCUT2D eigenvalue weighted by atomic mass is 10.5. The Balaban J connectivity index is 2.08. The molecule has 0 aliphatic carbocycles. The van der Waals surface area contributed by atoms with Crippen molar-refractivity contribution in [3.8, 4) is 0 Å². The zero-order chi connectivity index (χ0) is 6.53. The van der Waals surface area contributed by atoms with Crippen LogP contribution in [0.15, 0.2) is 0 Å². The molecule has 2 N–H and O–H groups in total. The van der Waals surface area contributed by atoms with Gasteiger partial charge in [0.2, 0.25) is 0 Å². The van der Waals surface area contributed by atoms with Crippen molar-refractivity contribution in [1.82, 2.24) is 10.6 Å². The summed E-state index contributed by atoms with van der Waals surface area (Å²) in [5, 5.41) is 6.71. The fraction of sp³-hybridized carbons (Fsp3) is 1.00. The molecule has 0 aromatic carbocycles. The molecule has 0 saturated carbocycles. The first kappa shape index (κ1) is 7.38. The van der Waals surface area contributed by atoms with Crippen molar-refractivity contribution in [2.45, 2.75) is 18.8 Å². The average Bonchev–Trinajstić information content (AvgIpc) is 1.91. The molecule has 0 aromatic rings. The van der Waals surface area contributed by atoms with Gasteiger partial charge in [0.05, 0.1) is 0 Å². The molecule has 1 saturated heterocycles. The fourth-order valence-corrected chi connectivity index (χ4v) is 1.95. The van der Waals surface area contributed by atoms with E-state index in [0.717, 1.165) is 6.54 Å². The van der Waals surface area contributed by atoms with Gasteiger partial charge in [-0.15, -0.1) is 11.8 Å². The predicted molar refractivity (Wildman–Crippen MR) is 42.5 cm³/mol. The molecule has 1 heterocycles. The molecule has 1 aliphatic heterocycles. The minimum atomic E-state index is 0.517. The van der Waals surface area contributed by atoms with Gasteiger partial charge in [-0.05, 0) is 25.3 Å². The van der Waals surface area contributed by atoms with Gasteiger partial charge in [-0.25, -0.2) is 0 Å². The van der Waals surface area contributed by atoms with E-state index in [1.54, 1.807) is 0 Å². The third-order valence-electron chi connectivity index (χ3n) is 1.32. The Bertz CT molecular complexity index is 68.7. The van der Waals surface area contributed by atoms with Gasteiger partial charge in [0.25, 0.3) is 0 Å². The zero-order valence-corrected chi connectivity index (χ0v) is 6.63. The Morgan fingerprint density at radius 3 is 3.22 bits per heavy atom. The summed E-state index contributed by atoms with van der Waals surface area (Å²) < 4.78 is 0. The van der Waals surface area contributed by atoms with E-state index in [4.69, 9.17) is 0 Å². The van der Waals surface area contributed by atoms with Crippen molar-refractivity contribution in [2.24, 2.45) is 0 Å². The molecule has 1 atom stereocenters. The molecule has 1 fully saturated rings. The summed E-state index contributed by atoms with van der Waals surface area (Å²) in [6.45, 7) is 4.37. The molecule has 9 heavy (non-hydrogen) atoms. The van der Waals surface area contributed by atoms with Crippen molar-refractivity contribution >= 4 is 11.8 Å². The zero-order valence-electron chi connectivity index (χ0n) is 5.81. The third-order valence-corrected chi connectivity index (χ3v) is 2.52. The topological polar surface area (TPSA) is 24.1 Å². The van der Waals surface area contributed by atoms with E-state index >= 15 is 0 Å². The summed E-state index contributed by atoms with van der Waals surface area (Å²) in [5.41, 5.74) is 0.517. The van der Waals surface area contributed by atoms with Crippen LogP contribution in [0.2, 0.25) is 0 Å². The second kappa shape index (κ2) is 4.14. The van der Waals surface area contributed by atoms with Gasteiger partial charge in [0.1, 0.15) is 5.50 Å². The smallest absolute Gasteiger partial charge is 0.105 e. The van der Waals surface area contributed by atoms with Gasteiger partial charge >= 0.3 is 0 Å². The van der Waals surface area contributed by atoms with E-state index in [1.807, 2.05) is 11.8 Å². The quantitative estimate of drug-likeness (QED) is 0.597. The first-order chi connectivity index (χ1) is 4.43. The van der Waals surface area contributed by atoms with Crippen LogP contribution in [0.5, 0.6) is 0 Å². The summed E-state index contributed by atoms with van der Waals surface area (Å²) in [6, 6.07) is 0. The fourth-order valence-electron chi connectivity index (χ4n) is 0.882. The Labute approximate surface area is 60.8 Å². The van der Waals surface area contributed by atoms with E-state index < -0.39 is 0 Å². The Hall–Kier alpha value is 0.270. The highest BCUT2D eigenvalue weighted by Crippen LogP contribution is 2.10. The monoisotopic (exact) mass is 146 g/mol.